The van der Waals surface area contributed by atoms with Crippen LogP contribution in [-0.2, 0) is 0 Å². The van der Waals surface area contributed by atoms with Crippen molar-refractivity contribution in [1.29, 1.82) is 0 Å². The van der Waals surface area contributed by atoms with Gasteiger partial charge in [-0.05, 0) is 46.7 Å². The van der Waals surface area contributed by atoms with Gasteiger partial charge in [0.25, 0.3) is 5.91 Å². The van der Waals surface area contributed by atoms with Crippen LogP contribution in [-0.4, -0.2) is 22.9 Å². The lowest BCUT2D eigenvalue weighted by molar-refractivity contribution is 0.0644. The van der Waals surface area contributed by atoms with Crippen LogP contribution in [0.1, 0.15) is 45.0 Å². The van der Waals surface area contributed by atoms with Gasteiger partial charge in [0.15, 0.2) is 0 Å². The van der Waals surface area contributed by atoms with Gasteiger partial charge in [0, 0.05) is 19.0 Å². The first-order valence-electron chi connectivity index (χ1n) is 6.39. The summed E-state index contributed by atoms with van der Waals surface area (Å²) in [6, 6.07) is 7.70. The first-order valence-corrected chi connectivity index (χ1v) is 5.68. The van der Waals surface area contributed by atoms with Gasteiger partial charge in [-0.3, -0.25) is 4.79 Å². The highest BCUT2D eigenvalue weighted by Gasteiger charge is 2.20. The Balaban J connectivity index is 2.93. The SMILES string of the molecule is [2H]Cc1ccc(C(=O)N(C(C)C)C(C)C)cc1. The predicted molar refractivity (Wildman–Crippen MR) is 67.6 cm³/mol. The minimum atomic E-state index is 0.0616. The van der Waals surface area contributed by atoms with Gasteiger partial charge in [-0.15, -0.1) is 0 Å². The van der Waals surface area contributed by atoms with Crippen molar-refractivity contribution < 1.29 is 6.17 Å². The molecule has 0 unspecified atom stereocenters. The van der Waals surface area contributed by atoms with E-state index in [-0.39, 0.29) is 24.9 Å². The van der Waals surface area contributed by atoms with Gasteiger partial charge < -0.3 is 4.90 Å². The summed E-state index contributed by atoms with van der Waals surface area (Å²) in [6.45, 7) is 8.35. The Morgan fingerprint density at radius 2 is 1.62 bits per heavy atom. The van der Waals surface area contributed by atoms with E-state index in [4.69, 9.17) is 1.37 Å². The summed E-state index contributed by atoms with van der Waals surface area (Å²) in [4.78, 5) is 14.2. The number of nitrogens with zero attached hydrogens (tertiary/aromatic N) is 1. The molecule has 0 radical (unpaired) electrons. The average Bonchev–Trinajstić information content (AvgIpc) is 2.28. The molecule has 1 amide bonds. The molecule has 0 fully saturated rings. The molecular weight excluding hydrogens is 198 g/mol. The van der Waals surface area contributed by atoms with E-state index in [2.05, 4.69) is 0 Å². The van der Waals surface area contributed by atoms with E-state index < -0.39 is 0 Å². The average molecular weight is 220 g/mol. The zero-order valence-corrected chi connectivity index (χ0v) is 10.5. The Hall–Kier alpha value is -1.31. The summed E-state index contributed by atoms with van der Waals surface area (Å²) < 4.78 is 7.25. The zero-order chi connectivity index (χ0) is 13.0. The third-order valence-corrected chi connectivity index (χ3v) is 2.55. The standard InChI is InChI=1S/C14H21NO/c1-10(2)15(11(3)4)14(16)13-8-6-12(5)7-9-13/h6-11H,1-5H3/i5D. The van der Waals surface area contributed by atoms with Crippen LogP contribution >= 0.6 is 0 Å². The number of amides is 1. The molecule has 0 heterocycles. The Labute approximate surface area is 99.7 Å². The van der Waals surface area contributed by atoms with Crippen LogP contribution in [0.5, 0.6) is 0 Å². The first kappa shape index (κ1) is 11.2. The maximum atomic E-state index is 12.3. The van der Waals surface area contributed by atoms with Crippen LogP contribution in [0.4, 0.5) is 0 Å². The molecule has 1 aromatic rings. The first-order chi connectivity index (χ1) is 7.97. The molecule has 1 rings (SSSR count). The van der Waals surface area contributed by atoms with Crippen LogP contribution in [0, 0.1) is 6.90 Å². The number of aryl methyl sites for hydroxylation is 1. The van der Waals surface area contributed by atoms with E-state index in [1.54, 1.807) is 0 Å². The maximum Gasteiger partial charge on any atom is 0.254 e. The molecule has 2 heteroatoms. The van der Waals surface area contributed by atoms with Gasteiger partial charge in [-0.25, -0.2) is 0 Å². The number of hydrogen-bond acceptors (Lipinski definition) is 1. The molecule has 0 saturated carbocycles. The molecule has 0 bridgehead atoms. The molecule has 0 spiro atoms. The lowest BCUT2D eigenvalue weighted by Crippen LogP contribution is -2.42. The van der Waals surface area contributed by atoms with Crippen molar-refractivity contribution in [3.63, 3.8) is 0 Å². The molecule has 1 aromatic carbocycles. The molecule has 88 valence electrons. The van der Waals surface area contributed by atoms with E-state index in [0.29, 0.717) is 5.56 Å². The van der Waals surface area contributed by atoms with Crippen LogP contribution < -0.4 is 0 Å². The largest absolute Gasteiger partial charge is 0.334 e. The van der Waals surface area contributed by atoms with E-state index in [1.807, 2.05) is 56.9 Å². The molecule has 2 nitrogen and oxygen atoms in total. The Kier molecular flexibility index (Phi) is 3.60. The second kappa shape index (κ2) is 5.15. The summed E-state index contributed by atoms with van der Waals surface area (Å²) in [5.41, 5.74) is 1.63. The molecule has 0 aliphatic carbocycles. The summed E-state index contributed by atoms with van der Waals surface area (Å²) >= 11 is 0. The van der Waals surface area contributed by atoms with E-state index in [1.165, 1.54) is 0 Å². The third kappa shape index (κ3) is 2.84. The summed E-state index contributed by atoms with van der Waals surface area (Å²) in [6.07, 6.45) is 0. The minimum absolute atomic E-state index is 0.0616. The topological polar surface area (TPSA) is 20.3 Å². The van der Waals surface area contributed by atoms with Crippen molar-refractivity contribution in [3.8, 4) is 0 Å². The zero-order valence-electron chi connectivity index (χ0n) is 11.5. The lowest BCUT2D eigenvalue weighted by Gasteiger charge is -2.30. The number of carbonyl (C=O) groups is 1. The van der Waals surface area contributed by atoms with Gasteiger partial charge in [-0.2, -0.15) is 0 Å². The van der Waals surface area contributed by atoms with E-state index in [9.17, 15) is 4.79 Å². The minimum Gasteiger partial charge on any atom is -0.334 e. The number of carbonyl (C=O) groups excluding carboxylic acids is 1. The Bertz CT molecular complexity index is 362. The van der Waals surface area contributed by atoms with Crippen molar-refractivity contribution in [1.82, 2.24) is 4.90 Å². The van der Waals surface area contributed by atoms with Crippen molar-refractivity contribution in [2.45, 2.75) is 46.7 Å². The molecule has 0 saturated heterocycles. The second-order valence-electron chi connectivity index (χ2n) is 4.60. The lowest BCUT2D eigenvalue weighted by atomic mass is 10.1. The maximum absolute atomic E-state index is 12.3. The van der Waals surface area contributed by atoms with Crippen molar-refractivity contribution in [3.05, 3.63) is 35.4 Å². The van der Waals surface area contributed by atoms with Gasteiger partial charge in [0.05, 0.1) is 0 Å². The van der Waals surface area contributed by atoms with Crippen molar-refractivity contribution in [2.75, 3.05) is 0 Å². The fourth-order valence-corrected chi connectivity index (χ4v) is 1.86. The van der Waals surface area contributed by atoms with Crippen molar-refractivity contribution >= 4 is 5.91 Å². The van der Waals surface area contributed by atoms with E-state index >= 15 is 0 Å². The summed E-state index contributed by atoms with van der Waals surface area (Å²) in [5, 5.41) is 0. The molecule has 0 atom stereocenters. The van der Waals surface area contributed by atoms with Crippen LogP contribution in [0.3, 0.4) is 0 Å². The molecule has 0 N–H and O–H groups in total. The highest BCUT2D eigenvalue weighted by atomic mass is 16.2. The van der Waals surface area contributed by atoms with E-state index in [0.717, 1.165) is 5.56 Å². The molecular formula is C14H21NO. The molecule has 0 aliphatic heterocycles. The monoisotopic (exact) mass is 220 g/mol. The molecule has 16 heavy (non-hydrogen) atoms. The fraction of sp³-hybridized carbons (Fsp3) is 0.500. The van der Waals surface area contributed by atoms with Crippen LogP contribution in [0.25, 0.3) is 0 Å². The number of rotatable bonds is 3. The van der Waals surface area contributed by atoms with Gasteiger partial charge >= 0.3 is 0 Å². The van der Waals surface area contributed by atoms with Crippen LogP contribution in [0.15, 0.2) is 24.3 Å². The highest BCUT2D eigenvalue weighted by molar-refractivity contribution is 5.94. The van der Waals surface area contributed by atoms with Gasteiger partial charge in [0.1, 0.15) is 0 Å². The number of benzene rings is 1. The Morgan fingerprint density at radius 3 is 2.00 bits per heavy atom. The third-order valence-electron chi connectivity index (χ3n) is 2.55. The van der Waals surface area contributed by atoms with Gasteiger partial charge in [-0.1, -0.05) is 17.7 Å². The van der Waals surface area contributed by atoms with Crippen molar-refractivity contribution in [2.24, 2.45) is 0 Å². The fourth-order valence-electron chi connectivity index (χ4n) is 1.86. The second-order valence-corrected chi connectivity index (χ2v) is 4.60. The quantitative estimate of drug-likeness (QED) is 0.765. The number of hydrogen-bond donors (Lipinski definition) is 0. The normalized spacial score (nSPS) is 11.8. The molecule has 0 aliphatic rings. The molecule has 0 aromatic heterocycles. The smallest absolute Gasteiger partial charge is 0.254 e. The highest BCUT2D eigenvalue weighted by Crippen LogP contribution is 2.12. The van der Waals surface area contributed by atoms with Gasteiger partial charge in [0.2, 0.25) is 0 Å². The summed E-state index contributed by atoms with van der Waals surface area (Å²) in [5.74, 6) is 0.0616. The Morgan fingerprint density at radius 1 is 1.12 bits per heavy atom. The van der Waals surface area contributed by atoms with Crippen LogP contribution in [0.2, 0.25) is 0 Å². The predicted octanol–water partition coefficient (Wildman–Crippen LogP) is 3.25. The summed E-state index contributed by atoms with van der Waals surface area (Å²) in [7, 11) is 0.